The highest BCUT2D eigenvalue weighted by Gasteiger charge is 2.48. The van der Waals surface area contributed by atoms with Crippen LogP contribution < -0.4 is 0 Å². The van der Waals surface area contributed by atoms with Crippen LogP contribution >= 0.6 is 0 Å². The summed E-state index contributed by atoms with van der Waals surface area (Å²) in [6, 6.07) is -0.183. The molecule has 5 atom stereocenters. The van der Waals surface area contributed by atoms with Crippen molar-refractivity contribution < 1.29 is 14.2 Å². The van der Waals surface area contributed by atoms with Crippen molar-refractivity contribution in [2.75, 3.05) is 6.61 Å². The van der Waals surface area contributed by atoms with Crippen LogP contribution in [-0.4, -0.2) is 36.7 Å². The van der Waals surface area contributed by atoms with Crippen LogP contribution in [0.5, 0.6) is 0 Å². The van der Waals surface area contributed by atoms with Crippen LogP contribution in [0.4, 0.5) is 0 Å². The molecule has 0 amide bonds. The Morgan fingerprint density at radius 3 is 2.59 bits per heavy atom. The van der Waals surface area contributed by atoms with Crippen molar-refractivity contribution in [3.63, 3.8) is 0 Å². The lowest BCUT2D eigenvalue weighted by molar-refractivity contribution is -0.155. The van der Waals surface area contributed by atoms with Gasteiger partial charge in [0.2, 0.25) is 0 Å². The third-order valence-electron chi connectivity index (χ3n) is 3.57. The van der Waals surface area contributed by atoms with Gasteiger partial charge in [-0.3, -0.25) is 0 Å². The summed E-state index contributed by atoms with van der Waals surface area (Å²) in [5.41, 5.74) is 8.62. The van der Waals surface area contributed by atoms with Gasteiger partial charge in [-0.1, -0.05) is 12.0 Å². The van der Waals surface area contributed by atoms with Gasteiger partial charge in [0.1, 0.15) is 6.10 Å². The Morgan fingerprint density at radius 1 is 1.35 bits per heavy atom. The molecule has 2 saturated heterocycles. The van der Waals surface area contributed by atoms with E-state index < -0.39 is 5.79 Å². The molecule has 0 aromatic carbocycles. The van der Waals surface area contributed by atoms with Crippen molar-refractivity contribution in [2.45, 2.75) is 57.8 Å². The molecule has 0 N–H and O–H groups in total. The van der Waals surface area contributed by atoms with E-state index in [1.807, 2.05) is 27.7 Å². The monoisotopic (exact) mass is 241 g/mol. The van der Waals surface area contributed by atoms with E-state index in [9.17, 15) is 0 Å². The Labute approximate surface area is 101 Å². The summed E-state index contributed by atoms with van der Waals surface area (Å²) in [5.74, 6) is -0.382. The van der Waals surface area contributed by atoms with Crippen molar-refractivity contribution in [2.24, 2.45) is 11.0 Å². The molecule has 2 aliphatic rings. The Kier molecular flexibility index (Phi) is 3.32. The zero-order valence-corrected chi connectivity index (χ0v) is 10.7. The van der Waals surface area contributed by atoms with Gasteiger partial charge in [-0.25, -0.2) is 0 Å². The van der Waals surface area contributed by atoms with E-state index in [1.54, 1.807) is 0 Å². The maximum absolute atomic E-state index is 8.62. The van der Waals surface area contributed by atoms with Crippen molar-refractivity contribution in [1.82, 2.24) is 0 Å². The van der Waals surface area contributed by atoms with E-state index in [1.165, 1.54) is 0 Å². The number of hydrogen-bond acceptors (Lipinski definition) is 4. The first-order chi connectivity index (χ1) is 7.94. The number of ether oxygens (including phenoxy) is 3. The molecule has 17 heavy (non-hydrogen) atoms. The van der Waals surface area contributed by atoms with Crippen LogP contribution in [0.15, 0.2) is 5.11 Å². The molecule has 0 aromatic heterocycles. The SMILES string of the molecule is CC1OC(C2COC(C)(C)O2)C(N=[N+]=[N-])C1C. The van der Waals surface area contributed by atoms with E-state index in [4.69, 9.17) is 19.7 Å². The fourth-order valence-electron chi connectivity index (χ4n) is 2.44. The van der Waals surface area contributed by atoms with E-state index in [-0.39, 0.29) is 30.3 Å². The van der Waals surface area contributed by atoms with Gasteiger partial charge in [0, 0.05) is 4.91 Å². The third-order valence-corrected chi connectivity index (χ3v) is 3.57. The second-order valence-corrected chi connectivity index (χ2v) is 5.23. The summed E-state index contributed by atoms with van der Waals surface area (Å²) in [6.45, 7) is 8.25. The first-order valence-corrected chi connectivity index (χ1v) is 5.96. The molecule has 0 bridgehead atoms. The summed E-state index contributed by atoms with van der Waals surface area (Å²) in [5, 5.41) is 3.85. The van der Waals surface area contributed by atoms with E-state index in [2.05, 4.69) is 10.0 Å². The normalized spacial score (nSPS) is 44.6. The molecule has 0 aliphatic carbocycles. The molecule has 96 valence electrons. The lowest BCUT2D eigenvalue weighted by Crippen LogP contribution is -2.37. The van der Waals surface area contributed by atoms with Crippen molar-refractivity contribution in [1.29, 1.82) is 0 Å². The predicted molar refractivity (Wildman–Crippen MR) is 61.3 cm³/mol. The van der Waals surface area contributed by atoms with Crippen LogP contribution in [0.1, 0.15) is 27.7 Å². The number of azide groups is 1. The molecule has 0 saturated carbocycles. The highest BCUT2D eigenvalue weighted by atomic mass is 16.7. The van der Waals surface area contributed by atoms with Gasteiger partial charge >= 0.3 is 0 Å². The minimum Gasteiger partial charge on any atom is -0.372 e. The first kappa shape index (κ1) is 12.6. The maximum atomic E-state index is 8.62. The van der Waals surface area contributed by atoms with E-state index in [0.29, 0.717) is 6.61 Å². The molecule has 0 aromatic rings. The Hall–Kier alpha value is -0.810. The highest BCUT2D eigenvalue weighted by Crippen LogP contribution is 2.36. The molecule has 0 radical (unpaired) electrons. The minimum atomic E-state index is -0.579. The lowest BCUT2D eigenvalue weighted by atomic mass is 9.95. The molecule has 6 nitrogen and oxygen atoms in total. The quantitative estimate of drug-likeness (QED) is 0.422. The van der Waals surface area contributed by atoms with Crippen molar-refractivity contribution >= 4 is 0 Å². The second-order valence-electron chi connectivity index (χ2n) is 5.23. The summed E-state index contributed by atoms with van der Waals surface area (Å²) < 4.78 is 17.1. The molecular weight excluding hydrogens is 222 g/mol. The standard InChI is InChI=1S/C11H19N3O3/c1-6-7(2)16-10(9(6)13-14-12)8-5-15-11(3,4)17-8/h6-10H,5H2,1-4H3. The predicted octanol–water partition coefficient (Wildman–Crippen LogP) is 2.24. The number of nitrogens with zero attached hydrogens (tertiary/aromatic N) is 3. The third kappa shape index (κ3) is 2.40. The number of rotatable bonds is 2. The van der Waals surface area contributed by atoms with Crippen LogP contribution in [-0.2, 0) is 14.2 Å². The van der Waals surface area contributed by atoms with Gasteiger partial charge in [-0.05, 0) is 32.2 Å². The fraction of sp³-hybridized carbons (Fsp3) is 1.00. The largest absolute Gasteiger partial charge is 0.372 e. The molecular formula is C11H19N3O3. The van der Waals surface area contributed by atoms with Gasteiger partial charge in [-0.2, -0.15) is 0 Å². The van der Waals surface area contributed by atoms with Crippen LogP contribution in [0, 0.1) is 5.92 Å². The molecule has 2 fully saturated rings. The molecule has 2 aliphatic heterocycles. The number of hydrogen-bond donors (Lipinski definition) is 0. The van der Waals surface area contributed by atoms with Gasteiger partial charge in [0.25, 0.3) is 0 Å². The molecule has 2 rings (SSSR count). The first-order valence-electron chi connectivity index (χ1n) is 5.96. The average Bonchev–Trinajstić information content (AvgIpc) is 2.73. The fourth-order valence-corrected chi connectivity index (χ4v) is 2.44. The van der Waals surface area contributed by atoms with Crippen molar-refractivity contribution in [3.05, 3.63) is 10.4 Å². The molecule has 6 heteroatoms. The lowest BCUT2D eigenvalue weighted by Gasteiger charge is -2.23. The van der Waals surface area contributed by atoms with Gasteiger partial charge in [0.15, 0.2) is 5.79 Å². The van der Waals surface area contributed by atoms with Gasteiger partial charge < -0.3 is 14.2 Å². The van der Waals surface area contributed by atoms with Crippen LogP contribution in [0.25, 0.3) is 10.4 Å². The molecule has 5 unspecified atom stereocenters. The Bertz CT molecular complexity index is 341. The maximum Gasteiger partial charge on any atom is 0.163 e. The molecule has 0 spiro atoms. The topological polar surface area (TPSA) is 76.5 Å². The van der Waals surface area contributed by atoms with Crippen molar-refractivity contribution in [3.8, 4) is 0 Å². The zero-order chi connectivity index (χ0) is 12.6. The minimum absolute atomic E-state index is 0.0720. The zero-order valence-electron chi connectivity index (χ0n) is 10.7. The van der Waals surface area contributed by atoms with Crippen LogP contribution in [0.3, 0.4) is 0 Å². The van der Waals surface area contributed by atoms with E-state index in [0.717, 1.165) is 0 Å². The second kappa shape index (κ2) is 4.46. The van der Waals surface area contributed by atoms with E-state index >= 15 is 0 Å². The van der Waals surface area contributed by atoms with Crippen LogP contribution in [0.2, 0.25) is 0 Å². The van der Waals surface area contributed by atoms with Gasteiger partial charge in [-0.15, -0.1) is 0 Å². The highest BCUT2D eigenvalue weighted by molar-refractivity contribution is 4.97. The Balaban J connectivity index is 2.12. The molecule has 2 heterocycles. The summed E-state index contributed by atoms with van der Waals surface area (Å²) in [4.78, 5) is 2.91. The summed E-state index contributed by atoms with van der Waals surface area (Å²) in [7, 11) is 0. The summed E-state index contributed by atoms with van der Waals surface area (Å²) >= 11 is 0. The average molecular weight is 241 g/mol. The Morgan fingerprint density at radius 2 is 2.06 bits per heavy atom. The van der Waals surface area contributed by atoms with Gasteiger partial charge in [0.05, 0.1) is 24.9 Å². The summed E-state index contributed by atoms with van der Waals surface area (Å²) in [6.07, 6.45) is -0.298. The smallest absolute Gasteiger partial charge is 0.163 e.